The Morgan fingerprint density at radius 2 is 1.70 bits per heavy atom. The van der Waals surface area contributed by atoms with Crippen LogP contribution < -0.4 is 4.72 Å². The molecule has 6 nitrogen and oxygen atoms in total. The number of pyridine rings is 1. The molecule has 0 aliphatic carbocycles. The van der Waals surface area contributed by atoms with Crippen LogP contribution in [0.25, 0.3) is 22.4 Å². The Kier molecular flexibility index (Phi) is 5.00. The molecule has 0 aliphatic heterocycles. The van der Waals surface area contributed by atoms with E-state index in [0.29, 0.717) is 23.4 Å². The summed E-state index contributed by atoms with van der Waals surface area (Å²) in [6.45, 7) is 0. The summed E-state index contributed by atoms with van der Waals surface area (Å²) in [6, 6.07) is 9.46. The van der Waals surface area contributed by atoms with Gasteiger partial charge in [0.25, 0.3) is 10.0 Å². The van der Waals surface area contributed by atoms with Crippen LogP contribution in [-0.4, -0.2) is 23.6 Å². The van der Waals surface area contributed by atoms with Crippen molar-refractivity contribution in [1.82, 2.24) is 15.2 Å². The number of aromatic amines is 1. The van der Waals surface area contributed by atoms with Gasteiger partial charge in [-0.15, -0.1) is 0 Å². The number of hydrogen-bond acceptors (Lipinski definition) is 4. The second-order valence-corrected chi connectivity index (χ2v) is 7.89. The number of hydrogen-bond donors (Lipinski definition) is 2. The number of anilines is 1. The van der Waals surface area contributed by atoms with Crippen LogP contribution >= 0.6 is 0 Å². The van der Waals surface area contributed by atoms with Crippen LogP contribution in [0.15, 0.2) is 72.0 Å². The van der Waals surface area contributed by atoms with Gasteiger partial charge in [0.2, 0.25) is 0 Å². The largest absolute Gasteiger partial charge is 0.277 e. The Bertz CT molecular complexity index is 1330. The van der Waals surface area contributed by atoms with Gasteiger partial charge in [0.15, 0.2) is 5.82 Å². The molecule has 2 aromatic carbocycles. The summed E-state index contributed by atoms with van der Waals surface area (Å²) in [7, 11) is -4.58. The quantitative estimate of drug-likeness (QED) is 0.493. The van der Waals surface area contributed by atoms with Crippen LogP contribution in [0.2, 0.25) is 0 Å². The van der Waals surface area contributed by atoms with Gasteiger partial charge in [-0.25, -0.2) is 21.6 Å². The Morgan fingerprint density at radius 3 is 2.47 bits per heavy atom. The van der Waals surface area contributed by atoms with Crippen LogP contribution in [0.1, 0.15) is 0 Å². The summed E-state index contributed by atoms with van der Waals surface area (Å²) in [5, 5.41) is 6.65. The van der Waals surface area contributed by atoms with Crippen LogP contribution in [0.4, 0.5) is 18.9 Å². The topological polar surface area (TPSA) is 87.7 Å². The smallest absolute Gasteiger partial charge is 0.265 e. The fourth-order valence-electron chi connectivity index (χ4n) is 2.93. The minimum absolute atomic E-state index is 0.0410. The third kappa shape index (κ3) is 3.64. The van der Waals surface area contributed by atoms with Gasteiger partial charge in [0.1, 0.15) is 16.5 Å². The second-order valence-electron chi connectivity index (χ2n) is 6.24. The fourth-order valence-corrected chi connectivity index (χ4v) is 4.08. The Labute approximate surface area is 169 Å². The van der Waals surface area contributed by atoms with E-state index >= 15 is 4.39 Å². The monoisotopic (exact) mass is 430 g/mol. The number of halogens is 3. The Balaban J connectivity index is 1.75. The van der Waals surface area contributed by atoms with Crippen molar-refractivity contribution in [1.29, 1.82) is 0 Å². The average Bonchev–Trinajstić information content (AvgIpc) is 3.21. The first-order chi connectivity index (χ1) is 14.4. The van der Waals surface area contributed by atoms with Crippen LogP contribution in [0.5, 0.6) is 0 Å². The summed E-state index contributed by atoms with van der Waals surface area (Å²) >= 11 is 0. The molecule has 0 fully saturated rings. The summed E-state index contributed by atoms with van der Waals surface area (Å²) in [4.78, 5) is 3.01. The standard InChI is InChI=1S/C20H13F3N4O2S/c21-13-4-5-16(22)18(10-13)30(28,29)27-17-3-1-2-14(19(17)23)20-15(11-25-26-20)12-6-8-24-9-7-12/h1-11,27H,(H,25,26). The van der Waals surface area contributed by atoms with E-state index in [1.165, 1.54) is 24.4 Å². The van der Waals surface area contributed by atoms with Gasteiger partial charge in [-0.2, -0.15) is 5.10 Å². The highest BCUT2D eigenvalue weighted by atomic mass is 32.2. The molecule has 0 atom stereocenters. The molecular weight excluding hydrogens is 417 g/mol. The van der Waals surface area contributed by atoms with Gasteiger partial charge < -0.3 is 0 Å². The molecule has 0 amide bonds. The number of rotatable bonds is 5. The predicted octanol–water partition coefficient (Wildman–Crippen LogP) is 4.36. The lowest BCUT2D eigenvalue weighted by molar-refractivity contribution is 0.555. The molecule has 0 aliphatic rings. The van der Waals surface area contributed by atoms with E-state index in [1.807, 2.05) is 4.72 Å². The minimum atomic E-state index is -4.58. The maximum absolute atomic E-state index is 15.2. The van der Waals surface area contributed by atoms with E-state index in [2.05, 4.69) is 15.2 Å². The molecule has 152 valence electrons. The zero-order valence-electron chi connectivity index (χ0n) is 15.1. The van der Waals surface area contributed by atoms with Gasteiger partial charge in [0.05, 0.1) is 17.6 Å². The van der Waals surface area contributed by atoms with Gasteiger partial charge >= 0.3 is 0 Å². The Hall–Kier alpha value is -3.66. The highest BCUT2D eigenvalue weighted by Crippen LogP contribution is 2.34. The molecule has 4 aromatic rings. The predicted molar refractivity (Wildman–Crippen MR) is 104 cm³/mol. The number of nitrogens with one attached hydrogen (secondary N) is 2. The third-order valence-electron chi connectivity index (χ3n) is 4.33. The average molecular weight is 430 g/mol. The Morgan fingerprint density at radius 1 is 0.933 bits per heavy atom. The first-order valence-electron chi connectivity index (χ1n) is 8.57. The van der Waals surface area contributed by atoms with Crippen molar-refractivity contribution in [2.24, 2.45) is 0 Å². The van der Waals surface area contributed by atoms with Crippen LogP contribution in [0, 0.1) is 17.5 Å². The zero-order valence-corrected chi connectivity index (χ0v) is 15.9. The number of nitrogens with zero attached hydrogens (tertiary/aromatic N) is 2. The molecule has 10 heteroatoms. The minimum Gasteiger partial charge on any atom is -0.277 e. The van der Waals surface area contributed by atoms with Crippen molar-refractivity contribution in [2.75, 3.05) is 4.72 Å². The van der Waals surface area contributed by atoms with Crippen molar-refractivity contribution in [3.8, 4) is 22.4 Å². The van der Waals surface area contributed by atoms with Gasteiger partial charge in [-0.3, -0.25) is 14.8 Å². The summed E-state index contributed by atoms with van der Waals surface area (Å²) in [5.41, 5.74) is 1.23. The van der Waals surface area contributed by atoms with Gasteiger partial charge in [-0.05, 0) is 48.0 Å². The fraction of sp³-hybridized carbons (Fsp3) is 0. The molecule has 4 rings (SSSR count). The molecule has 0 radical (unpaired) electrons. The highest BCUT2D eigenvalue weighted by molar-refractivity contribution is 7.92. The molecule has 0 saturated heterocycles. The van der Waals surface area contributed by atoms with Gasteiger partial charge in [-0.1, -0.05) is 6.07 Å². The van der Waals surface area contributed by atoms with Crippen molar-refractivity contribution in [2.45, 2.75) is 4.90 Å². The van der Waals surface area contributed by atoms with E-state index in [9.17, 15) is 17.2 Å². The van der Waals surface area contributed by atoms with Crippen molar-refractivity contribution in [3.63, 3.8) is 0 Å². The molecule has 0 bridgehead atoms. The van der Waals surface area contributed by atoms with Crippen molar-refractivity contribution in [3.05, 3.63) is 84.6 Å². The summed E-state index contributed by atoms with van der Waals surface area (Å²) < 4.78 is 69.5. The molecule has 30 heavy (non-hydrogen) atoms. The molecule has 2 heterocycles. The van der Waals surface area contributed by atoms with Gasteiger partial charge in [0, 0.05) is 23.5 Å². The van der Waals surface area contributed by atoms with E-state index in [-0.39, 0.29) is 5.56 Å². The molecular formula is C20H13F3N4O2S. The number of H-pyrrole nitrogens is 1. The second kappa shape index (κ2) is 7.64. The van der Waals surface area contributed by atoms with Crippen LogP contribution in [-0.2, 0) is 10.0 Å². The van der Waals surface area contributed by atoms with E-state index < -0.39 is 38.1 Å². The maximum Gasteiger partial charge on any atom is 0.265 e. The number of benzene rings is 2. The van der Waals surface area contributed by atoms with Crippen LogP contribution in [0.3, 0.4) is 0 Å². The lowest BCUT2D eigenvalue weighted by Gasteiger charge is -2.12. The van der Waals surface area contributed by atoms with E-state index in [1.54, 1.807) is 24.5 Å². The number of aromatic nitrogens is 3. The van der Waals surface area contributed by atoms with Crippen molar-refractivity contribution >= 4 is 15.7 Å². The van der Waals surface area contributed by atoms with Crippen molar-refractivity contribution < 1.29 is 21.6 Å². The number of sulfonamides is 1. The van der Waals surface area contributed by atoms with E-state index in [4.69, 9.17) is 0 Å². The lowest BCUT2D eigenvalue weighted by atomic mass is 10.0. The van der Waals surface area contributed by atoms with E-state index in [0.717, 1.165) is 11.6 Å². The SMILES string of the molecule is O=S(=O)(Nc1cccc(-c2[nH]ncc2-c2ccncc2)c1F)c1cc(F)ccc1F. The lowest BCUT2D eigenvalue weighted by Crippen LogP contribution is -2.16. The zero-order chi connectivity index (χ0) is 21.3. The summed E-state index contributed by atoms with van der Waals surface area (Å²) in [6.07, 6.45) is 4.64. The first kappa shape index (κ1) is 19.6. The third-order valence-corrected chi connectivity index (χ3v) is 5.71. The highest BCUT2D eigenvalue weighted by Gasteiger charge is 2.23. The molecule has 0 saturated carbocycles. The molecule has 0 unspecified atom stereocenters. The first-order valence-corrected chi connectivity index (χ1v) is 10.1. The molecule has 2 aromatic heterocycles. The maximum atomic E-state index is 15.2. The molecule has 0 spiro atoms. The summed E-state index contributed by atoms with van der Waals surface area (Å²) in [5.74, 6) is -3.00. The normalized spacial score (nSPS) is 11.4. The molecule has 2 N–H and O–H groups in total.